The van der Waals surface area contributed by atoms with Crippen LogP contribution in [0.3, 0.4) is 0 Å². The van der Waals surface area contributed by atoms with Crippen LogP contribution in [-0.4, -0.2) is 38.8 Å². The van der Waals surface area contributed by atoms with Crippen LogP contribution in [-0.2, 0) is 30.0 Å². The summed E-state index contributed by atoms with van der Waals surface area (Å²) in [4.78, 5) is -0.271. The molecule has 0 bridgehead atoms. The summed E-state index contributed by atoms with van der Waals surface area (Å²) in [7, 11) is -2.27. The van der Waals surface area contributed by atoms with E-state index in [2.05, 4.69) is 10.2 Å². The minimum atomic E-state index is -4.01. The van der Waals surface area contributed by atoms with E-state index >= 15 is 0 Å². The summed E-state index contributed by atoms with van der Waals surface area (Å²) in [6, 6.07) is 11.2. The molecule has 2 heterocycles. The topological polar surface area (TPSA) is 73.0 Å². The van der Waals surface area contributed by atoms with Crippen molar-refractivity contribution in [2.45, 2.75) is 24.4 Å². The first kappa shape index (κ1) is 19.2. The van der Waals surface area contributed by atoms with Gasteiger partial charge in [0, 0.05) is 19.8 Å². The number of sulfonamides is 1. The smallest absolute Gasteiger partial charge is 0.276 e. The van der Waals surface area contributed by atoms with Gasteiger partial charge in [-0.25, -0.2) is 13.1 Å². The van der Waals surface area contributed by atoms with Gasteiger partial charge in [0.25, 0.3) is 0 Å². The van der Waals surface area contributed by atoms with E-state index in [0.717, 1.165) is 18.0 Å². The predicted molar refractivity (Wildman–Crippen MR) is 94.4 cm³/mol. The van der Waals surface area contributed by atoms with Gasteiger partial charge in [-0.2, -0.15) is 23.3 Å². The summed E-state index contributed by atoms with van der Waals surface area (Å²) in [6.07, 6.45) is 3.98. The van der Waals surface area contributed by atoms with Gasteiger partial charge in [0.1, 0.15) is 4.90 Å². The number of hydrogen-bond acceptors (Lipinski definition) is 4. The number of aryl methyl sites for hydroxylation is 1. The van der Waals surface area contributed by atoms with E-state index in [-0.39, 0.29) is 18.0 Å². The van der Waals surface area contributed by atoms with E-state index in [4.69, 9.17) is 0 Å². The molecule has 0 radical (unpaired) electrons. The normalized spacial score (nSPS) is 12.2. The molecule has 0 aliphatic heterocycles. The fourth-order valence-corrected chi connectivity index (χ4v) is 3.97. The Morgan fingerprint density at radius 2 is 1.93 bits per heavy atom. The Hall–Kier alpha value is -2.59. The van der Waals surface area contributed by atoms with E-state index < -0.39 is 16.6 Å². The summed E-state index contributed by atoms with van der Waals surface area (Å²) in [5.41, 5.74) is 1.54. The van der Waals surface area contributed by atoms with Crippen molar-refractivity contribution in [3.05, 3.63) is 66.2 Å². The molecule has 1 aromatic carbocycles. The molecule has 0 saturated carbocycles. The Balaban J connectivity index is 1.86. The standard InChI is InChI=1S/C17H19F2N5O2S/c1-22-9-8-15(21-22)12-23(10-7-14-5-3-2-4-6-14)27(25,26)16-11-20-24(13-16)17(18)19/h2-6,8-9,11,13,17H,7,10,12H2,1H3. The molecule has 2 aromatic heterocycles. The predicted octanol–water partition coefficient (Wildman–Crippen LogP) is 2.45. The molecule has 27 heavy (non-hydrogen) atoms. The van der Waals surface area contributed by atoms with Crippen molar-refractivity contribution in [2.24, 2.45) is 7.05 Å². The molecule has 0 fully saturated rings. The maximum Gasteiger partial charge on any atom is 0.333 e. The number of aromatic nitrogens is 4. The first-order chi connectivity index (χ1) is 12.9. The van der Waals surface area contributed by atoms with Gasteiger partial charge < -0.3 is 0 Å². The van der Waals surface area contributed by atoms with Crippen molar-refractivity contribution in [3.8, 4) is 0 Å². The Morgan fingerprint density at radius 1 is 1.19 bits per heavy atom. The minimum absolute atomic E-state index is 0.0376. The molecule has 0 atom stereocenters. The van der Waals surface area contributed by atoms with Crippen LogP contribution >= 0.6 is 0 Å². The number of alkyl halides is 2. The molecule has 0 N–H and O–H groups in total. The third-order valence-electron chi connectivity index (χ3n) is 4.02. The molecule has 0 spiro atoms. The van der Waals surface area contributed by atoms with Gasteiger partial charge in [0.15, 0.2) is 0 Å². The van der Waals surface area contributed by atoms with Crippen LogP contribution in [0.25, 0.3) is 0 Å². The van der Waals surface area contributed by atoms with E-state index in [9.17, 15) is 17.2 Å². The zero-order chi connectivity index (χ0) is 19.4. The highest BCUT2D eigenvalue weighted by Gasteiger charge is 2.27. The van der Waals surface area contributed by atoms with Crippen LogP contribution in [0.1, 0.15) is 17.8 Å². The molecule has 0 saturated heterocycles. The van der Waals surface area contributed by atoms with Crippen LogP contribution in [0.4, 0.5) is 8.78 Å². The minimum Gasteiger partial charge on any atom is -0.276 e. The highest BCUT2D eigenvalue weighted by atomic mass is 32.2. The quantitative estimate of drug-likeness (QED) is 0.587. The summed E-state index contributed by atoms with van der Waals surface area (Å²) in [5, 5.41) is 7.65. The Labute approximate surface area is 155 Å². The third-order valence-corrected chi connectivity index (χ3v) is 5.81. The molecule has 10 heteroatoms. The molecule has 7 nitrogen and oxygen atoms in total. The zero-order valence-electron chi connectivity index (χ0n) is 14.6. The second kappa shape index (κ2) is 7.97. The Morgan fingerprint density at radius 3 is 2.52 bits per heavy atom. The molecule has 0 aliphatic rings. The maximum absolute atomic E-state index is 13.0. The molecule has 144 valence electrons. The Kier molecular flexibility index (Phi) is 5.66. The molecule has 3 rings (SSSR count). The van der Waals surface area contributed by atoms with Crippen molar-refractivity contribution < 1.29 is 17.2 Å². The van der Waals surface area contributed by atoms with Gasteiger partial charge >= 0.3 is 6.55 Å². The highest BCUT2D eigenvalue weighted by Crippen LogP contribution is 2.20. The van der Waals surface area contributed by atoms with Gasteiger partial charge in [-0.1, -0.05) is 30.3 Å². The maximum atomic E-state index is 13.0. The number of nitrogens with zero attached hydrogens (tertiary/aromatic N) is 5. The second-order valence-corrected chi connectivity index (χ2v) is 7.93. The number of hydrogen-bond donors (Lipinski definition) is 0. The SMILES string of the molecule is Cn1ccc(CN(CCc2ccccc2)S(=O)(=O)c2cnn(C(F)F)c2)n1. The van der Waals surface area contributed by atoms with Crippen molar-refractivity contribution in [2.75, 3.05) is 6.54 Å². The van der Waals surface area contributed by atoms with Crippen LogP contribution in [0.2, 0.25) is 0 Å². The summed E-state index contributed by atoms with van der Waals surface area (Å²) in [6.45, 7) is -2.68. The van der Waals surface area contributed by atoms with Gasteiger partial charge in [-0.3, -0.25) is 4.68 Å². The molecule has 3 aromatic rings. The average molecular weight is 395 g/mol. The van der Waals surface area contributed by atoms with Crippen molar-refractivity contribution >= 4 is 10.0 Å². The second-order valence-electron chi connectivity index (χ2n) is 5.99. The van der Waals surface area contributed by atoms with Crippen LogP contribution in [0.15, 0.2) is 59.9 Å². The largest absolute Gasteiger partial charge is 0.333 e. The monoisotopic (exact) mass is 395 g/mol. The highest BCUT2D eigenvalue weighted by molar-refractivity contribution is 7.89. The van der Waals surface area contributed by atoms with Gasteiger partial charge in [-0.05, 0) is 18.1 Å². The van der Waals surface area contributed by atoms with E-state index in [1.165, 1.54) is 4.31 Å². The fourth-order valence-electron chi connectivity index (χ4n) is 2.62. The lowest BCUT2D eigenvalue weighted by Gasteiger charge is -2.20. The average Bonchev–Trinajstić information content (AvgIpc) is 3.29. The number of rotatable bonds is 8. The molecule has 0 unspecified atom stereocenters. The van der Waals surface area contributed by atoms with E-state index in [1.54, 1.807) is 24.0 Å². The van der Waals surface area contributed by atoms with Crippen molar-refractivity contribution in [3.63, 3.8) is 0 Å². The van der Waals surface area contributed by atoms with Crippen LogP contribution in [0.5, 0.6) is 0 Å². The van der Waals surface area contributed by atoms with Crippen LogP contribution < -0.4 is 0 Å². The zero-order valence-corrected chi connectivity index (χ0v) is 15.4. The lowest BCUT2D eigenvalue weighted by molar-refractivity contribution is 0.0563. The Bertz CT molecular complexity index is 986. The summed E-state index contributed by atoms with van der Waals surface area (Å²) < 4.78 is 54.7. The number of benzene rings is 1. The first-order valence-electron chi connectivity index (χ1n) is 8.21. The van der Waals surface area contributed by atoms with Gasteiger partial charge in [-0.15, -0.1) is 0 Å². The number of halogens is 2. The van der Waals surface area contributed by atoms with Crippen molar-refractivity contribution in [1.82, 2.24) is 23.9 Å². The lowest BCUT2D eigenvalue weighted by Crippen LogP contribution is -2.32. The summed E-state index contributed by atoms with van der Waals surface area (Å²) >= 11 is 0. The van der Waals surface area contributed by atoms with Gasteiger partial charge in [0.2, 0.25) is 10.0 Å². The van der Waals surface area contributed by atoms with Crippen LogP contribution in [0, 0.1) is 0 Å². The van der Waals surface area contributed by atoms with Gasteiger partial charge in [0.05, 0.1) is 24.6 Å². The third kappa shape index (κ3) is 4.58. The van der Waals surface area contributed by atoms with E-state index in [1.807, 2.05) is 30.3 Å². The van der Waals surface area contributed by atoms with E-state index in [0.29, 0.717) is 16.8 Å². The molecular weight excluding hydrogens is 376 g/mol. The molecular formula is C17H19F2N5O2S. The first-order valence-corrected chi connectivity index (χ1v) is 9.65. The molecule has 0 amide bonds. The molecule has 0 aliphatic carbocycles. The summed E-state index contributed by atoms with van der Waals surface area (Å²) in [5.74, 6) is 0. The lowest BCUT2D eigenvalue weighted by atomic mass is 10.1. The van der Waals surface area contributed by atoms with Crippen molar-refractivity contribution in [1.29, 1.82) is 0 Å². The fraction of sp³-hybridized carbons (Fsp3) is 0.294.